The highest BCUT2D eigenvalue weighted by atomic mass is 16.5. The van der Waals surface area contributed by atoms with Crippen LogP contribution in [0.2, 0.25) is 0 Å². The van der Waals surface area contributed by atoms with Crippen LogP contribution in [-0.2, 0) is 9.53 Å². The predicted molar refractivity (Wildman–Crippen MR) is 73.5 cm³/mol. The van der Waals surface area contributed by atoms with Crippen LogP contribution in [0.25, 0.3) is 0 Å². The van der Waals surface area contributed by atoms with E-state index in [0.29, 0.717) is 18.1 Å². The lowest BCUT2D eigenvalue weighted by Crippen LogP contribution is -2.50. The summed E-state index contributed by atoms with van der Waals surface area (Å²) in [5.41, 5.74) is 0. The molecule has 4 nitrogen and oxygen atoms in total. The molecule has 106 valence electrons. The van der Waals surface area contributed by atoms with Crippen LogP contribution in [0.5, 0.6) is 0 Å². The normalized spacial score (nSPS) is 26.1. The summed E-state index contributed by atoms with van der Waals surface area (Å²) in [6.07, 6.45) is 3.30. The van der Waals surface area contributed by atoms with E-state index in [-0.39, 0.29) is 11.9 Å². The van der Waals surface area contributed by atoms with E-state index in [4.69, 9.17) is 4.74 Å². The minimum absolute atomic E-state index is 0.101. The van der Waals surface area contributed by atoms with E-state index in [9.17, 15) is 4.79 Å². The number of amides is 1. The minimum atomic E-state index is -0.118. The first-order valence-electron chi connectivity index (χ1n) is 7.20. The second kappa shape index (κ2) is 7.74. The van der Waals surface area contributed by atoms with Crippen LogP contribution >= 0.6 is 0 Å². The third-order valence-electron chi connectivity index (χ3n) is 3.49. The Morgan fingerprint density at radius 1 is 1.39 bits per heavy atom. The van der Waals surface area contributed by atoms with Crippen LogP contribution in [0.4, 0.5) is 0 Å². The first kappa shape index (κ1) is 15.4. The first-order valence-corrected chi connectivity index (χ1v) is 7.20. The quantitative estimate of drug-likeness (QED) is 0.760. The summed E-state index contributed by atoms with van der Waals surface area (Å²) in [7, 11) is 0. The zero-order valence-corrected chi connectivity index (χ0v) is 12.2. The first-order chi connectivity index (χ1) is 8.54. The predicted octanol–water partition coefficient (Wildman–Crippen LogP) is 1.69. The smallest absolute Gasteiger partial charge is 0.236 e. The van der Waals surface area contributed by atoms with Gasteiger partial charge in [-0.15, -0.1) is 0 Å². The summed E-state index contributed by atoms with van der Waals surface area (Å²) in [6, 6.07) is 0.279. The number of carbonyl (C=O) groups excluding carboxylic acids is 1. The number of hydrogen-bond acceptors (Lipinski definition) is 3. The molecule has 1 aliphatic heterocycles. The number of nitrogens with one attached hydrogen (secondary N) is 2. The van der Waals surface area contributed by atoms with Crippen LogP contribution in [0.15, 0.2) is 0 Å². The molecule has 0 bridgehead atoms. The van der Waals surface area contributed by atoms with Gasteiger partial charge in [-0.05, 0) is 32.1 Å². The highest BCUT2D eigenvalue weighted by Crippen LogP contribution is 2.20. The van der Waals surface area contributed by atoms with E-state index in [0.717, 1.165) is 32.4 Å². The number of hydrogen-bond donors (Lipinski definition) is 2. The molecule has 0 saturated carbocycles. The van der Waals surface area contributed by atoms with Gasteiger partial charge in [0.25, 0.3) is 0 Å². The van der Waals surface area contributed by atoms with Crippen molar-refractivity contribution in [2.45, 2.75) is 65.1 Å². The molecule has 18 heavy (non-hydrogen) atoms. The van der Waals surface area contributed by atoms with Gasteiger partial charge in [0.05, 0.1) is 12.1 Å². The summed E-state index contributed by atoms with van der Waals surface area (Å²) in [5.74, 6) is 0.642. The van der Waals surface area contributed by atoms with Crippen LogP contribution in [0, 0.1) is 5.92 Å². The molecule has 0 aliphatic carbocycles. The van der Waals surface area contributed by atoms with E-state index in [1.54, 1.807) is 0 Å². The molecule has 2 N–H and O–H groups in total. The van der Waals surface area contributed by atoms with Crippen molar-refractivity contribution in [1.82, 2.24) is 10.6 Å². The molecule has 1 saturated heterocycles. The Labute approximate surface area is 111 Å². The van der Waals surface area contributed by atoms with Crippen molar-refractivity contribution in [3.63, 3.8) is 0 Å². The number of ether oxygens (including phenoxy) is 1. The van der Waals surface area contributed by atoms with Gasteiger partial charge in [0.1, 0.15) is 0 Å². The zero-order chi connectivity index (χ0) is 13.5. The topological polar surface area (TPSA) is 50.4 Å². The van der Waals surface area contributed by atoms with E-state index in [2.05, 4.69) is 31.4 Å². The van der Waals surface area contributed by atoms with Crippen LogP contribution in [-0.4, -0.2) is 37.2 Å². The maximum Gasteiger partial charge on any atom is 0.236 e. The largest absolute Gasteiger partial charge is 0.378 e. The van der Waals surface area contributed by atoms with Crippen molar-refractivity contribution in [3.05, 3.63) is 0 Å². The average molecular weight is 256 g/mol. The minimum Gasteiger partial charge on any atom is -0.378 e. The van der Waals surface area contributed by atoms with Crippen molar-refractivity contribution in [1.29, 1.82) is 0 Å². The lowest BCUT2D eigenvalue weighted by atomic mass is 9.95. The Morgan fingerprint density at radius 3 is 2.72 bits per heavy atom. The van der Waals surface area contributed by atoms with Crippen LogP contribution in [0.3, 0.4) is 0 Å². The molecular weight excluding hydrogens is 228 g/mol. The van der Waals surface area contributed by atoms with Gasteiger partial charge in [-0.3, -0.25) is 4.79 Å². The van der Waals surface area contributed by atoms with Gasteiger partial charge >= 0.3 is 0 Å². The summed E-state index contributed by atoms with van der Waals surface area (Å²) in [5, 5.41) is 6.34. The standard InChI is InChI=1S/C14H28N2O2/c1-5-7-15-14(17)11(4)16-12-6-8-18-13(9-12)10(2)3/h10-13,16H,5-9H2,1-4H3,(H,15,17). The van der Waals surface area contributed by atoms with Crippen LogP contribution < -0.4 is 10.6 Å². The monoisotopic (exact) mass is 256 g/mol. The van der Waals surface area contributed by atoms with E-state index < -0.39 is 0 Å². The molecule has 4 heteroatoms. The fourth-order valence-electron chi connectivity index (χ4n) is 2.27. The Hall–Kier alpha value is -0.610. The van der Waals surface area contributed by atoms with Crippen LogP contribution in [0.1, 0.15) is 47.0 Å². The van der Waals surface area contributed by atoms with Crippen molar-refractivity contribution in [2.24, 2.45) is 5.92 Å². The molecule has 1 fully saturated rings. The lowest BCUT2D eigenvalue weighted by Gasteiger charge is -2.33. The second-order valence-corrected chi connectivity index (χ2v) is 5.55. The molecule has 0 aromatic rings. The highest BCUT2D eigenvalue weighted by molar-refractivity contribution is 5.81. The molecule has 1 heterocycles. The van der Waals surface area contributed by atoms with Crippen molar-refractivity contribution >= 4 is 5.91 Å². The summed E-state index contributed by atoms with van der Waals surface area (Å²) in [6.45, 7) is 9.92. The molecule has 1 rings (SSSR count). The van der Waals surface area contributed by atoms with Gasteiger partial charge in [0, 0.05) is 19.2 Å². The Morgan fingerprint density at radius 2 is 2.11 bits per heavy atom. The highest BCUT2D eigenvalue weighted by Gasteiger charge is 2.26. The van der Waals surface area contributed by atoms with E-state index in [1.165, 1.54) is 0 Å². The maximum absolute atomic E-state index is 11.8. The molecule has 3 unspecified atom stereocenters. The average Bonchev–Trinajstić information content (AvgIpc) is 2.36. The van der Waals surface area contributed by atoms with Crippen molar-refractivity contribution in [2.75, 3.05) is 13.2 Å². The molecule has 0 radical (unpaired) electrons. The lowest BCUT2D eigenvalue weighted by molar-refractivity contribution is -0.123. The fraction of sp³-hybridized carbons (Fsp3) is 0.929. The molecular formula is C14H28N2O2. The van der Waals surface area contributed by atoms with E-state index >= 15 is 0 Å². The Bertz CT molecular complexity index is 256. The molecule has 3 atom stereocenters. The zero-order valence-electron chi connectivity index (χ0n) is 12.2. The van der Waals surface area contributed by atoms with E-state index in [1.807, 2.05) is 6.92 Å². The summed E-state index contributed by atoms with van der Waals surface area (Å²) in [4.78, 5) is 11.8. The summed E-state index contributed by atoms with van der Waals surface area (Å²) < 4.78 is 5.74. The van der Waals surface area contributed by atoms with Gasteiger partial charge in [-0.25, -0.2) is 0 Å². The third-order valence-corrected chi connectivity index (χ3v) is 3.49. The SMILES string of the molecule is CCCNC(=O)C(C)NC1CCOC(C(C)C)C1. The Kier molecular flexibility index (Phi) is 6.65. The molecule has 1 amide bonds. The van der Waals surface area contributed by atoms with Crippen molar-refractivity contribution in [3.8, 4) is 0 Å². The molecule has 0 spiro atoms. The van der Waals surface area contributed by atoms with Gasteiger partial charge in [0.15, 0.2) is 0 Å². The molecule has 1 aliphatic rings. The fourth-order valence-corrected chi connectivity index (χ4v) is 2.27. The Balaban J connectivity index is 2.34. The second-order valence-electron chi connectivity index (χ2n) is 5.55. The van der Waals surface area contributed by atoms with Gasteiger partial charge in [0.2, 0.25) is 5.91 Å². The summed E-state index contributed by atoms with van der Waals surface area (Å²) >= 11 is 0. The van der Waals surface area contributed by atoms with Gasteiger partial charge in [-0.2, -0.15) is 0 Å². The van der Waals surface area contributed by atoms with Gasteiger partial charge < -0.3 is 15.4 Å². The number of carbonyl (C=O) groups is 1. The molecule has 0 aromatic carbocycles. The third kappa shape index (κ3) is 4.94. The van der Waals surface area contributed by atoms with Crippen molar-refractivity contribution < 1.29 is 9.53 Å². The molecule has 0 aromatic heterocycles. The number of rotatable bonds is 6. The maximum atomic E-state index is 11.8. The van der Waals surface area contributed by atoms with Gasteiger partial charge in [-0.1, -0.05) is 20.8 Å².